The molecule has 0 spiro atoms. The van der Waals surface area contributed by atoms with E-state index in [1.54, 1.807) is 0 Å². The Bertz CT molecular complexity index is 134. The fraction of sp³-hybridized carbons (Fsp3) is 0.900. The van der Waals surface area contributed by atoms with Crippen molar-refractivity contribution in [1.29, 1.82) is 0 Å². The standard InChI is InChI=1S/C10H21NO/c1-5-7-8-11(4)9(3)10(12)6-2/h9H,5-8H2,1-4H3. The predicted octanol–water partition coefficient (Wildman–Crippen LogP) is 2.09. The van der Waals surface area contributed by atoms with Gasteiger partial charge in [0.05, 0.1) is 6.04 Å². The molecular weight excluding hydrogens is 150 g/mol. The Morgan fingerprint density at radius 1 is 1.42 bits per heavy atom. The second-order valence-electron chi connectivity index (χ2n) is 3.33. The average Bonchev–Trinajstić information content (AvgIpc) is 2.11. The number of carbonyl (C=O) groups is 1. The number of nitrogens with zero attached hydrogens (tertiary/aromatic N) is 1. The lowest BCUT2D eigenvalue weighted by molar-refractivity contribution is -0.123. The average molecular weight is 171 g/mol. The van der Waals surface area contributed by atoms with Gasteiger partial charge in [-0.25, -0.2) is 0 Å². The molecule has 1 unspecified atom stereocenters. The van der Waals surface area contributed by atoms with Gasteiger partial charge in [-0.3, -0.25) is 9.69 Å². The highest BCUT2D eigenvalue weighted by Crippen LogP contribution is 2.01. The zero-order valence-electron chi connectivity index (χ0n) is 8.76. The van der Waals surface area contributed by atoms with E-state index in [4.69, 9.17) is 0 Å². The highest BCUT2D eigenvalue weighted by Gasteiger charge is 2.14. The van der Waals surface area contributed by atoms with Crippen molar-refractivity contribution in [3.05, 3.63) is 0 Å². The van der Waals surface area contributed by atoms with Crippen molar-refractivity contribution in [2.45, 2.75) is 46.1 Å². The third kappa shape index (κ3) is 3.86. The highest BCUT2D eigenvalue weighted by molar-refractivity contribution is 5.83. The van der Waals surface area contributed by atoms with Gasteiger partial charge in [-0.2, -0.15) is 0 Å². The summed E-state index contributed by atoms with van der Waals surface area (Å²) in [5.41, 5.74) is 0. The number of ketones is 1. The van der Waals surface area contributed by atoms with Gasteiger partial charge in [-0.15, -0.1) is 0 Å². The summed E-state index contributed by atoms with van der Waals surface area (Å²) in [7, 11) is 2.02. The second-order valence-corrected chi connectivity index (χ2v) is 3.33. The second kappa shape index (κ2) is 6.18. The molecule has 0 saturated heterocycles. The lowest BCUT2D eigenvalue weighted by Gasteiger charge is -2.22. The molecule has 0 aromatic carbocycles. The van der Waals surface area contributed by atoms with Gasteiger partial charge >= 0.3 is 0 Å². The summed E-state index contributed by atoms with van der Waals surface area (Å²) >= 11 is 0. The summed E-state index contributed by atoms with van der Waals surface area (Å²) in [6.07, 6.45) is 3.02. The summed E-state index contributed by atoms with van der Waals surface area (Å²) in [5, 5.41) is 0. The Morgan fingerprint density at radius 3 is 2.42 bits per heavy atom. The van der Waals surface area contributed by atoms with Crippen LogP contribution in [0.5, 0.6) is 0 Å². The first-order chi connectivity index (χ1) is 5.63. The van der Waals surface area contributed by atoms with Gasteiger partial charge in [0.25, 0.3) is 0 Å². The van der Waals surface area contributed by atoms with Crippen LogP contribution in [0.3, 0.4) is 0 Å². The normalized spacial score (nSPS) is 13.4. The van der Waals surface area contributed by atoms with E-state index in [0.29, 0.717) is 12.2 Å². The van der Waals surface area contributed by atoms with Crippen LogP contribution in [-0.4, -0.2) is 30.3 Å². The minimum atomic E-state index is 0.0987. The first-order valence-electron chi connectivity index (χ1n) is 4.86. The van der Waals surface area contributed by atoms with E-state index in [1.807, 2.05) is 20.9 Å². The van der Waals surface area contributed by atoms with E-state index in [1.165, 1.54) is 12.8 Å². The number of unbranched alkanes of at least 4 members (excludes halogenated alkanes) is 1. The number of likely N-dealkylation sites (N-methyl/N-ethyl adjacent to an activating group) is 1. The summed E-state index contributed by atoms with van der Waals surface area (Å²) in [6.45, 7) is 7.11. The molecule has 0 N–H and O–H groups in total. The van der Waals surface area contributed by atoms with Gasteiger partial charge in [0.2, 0.25) is 0 Å². The van der Waals surface area contributed by atoms with E-state index in [2.05, 4.69) is 11.8 Å². The number of Topliss-reactive ketones (excluding diaryl/α,β-unsaturated/α-hetero) is 1. The van der Waals surface area contributed by atoms with Gasteiger partial charge in [0.15, 0.2) is 0 Å². The Morgan fingerprint density at radius 2 is 2.00 bits per heavy atom. The zero-order chi connectivity index (χ0) is 9.56. The molecule has 72 valence electrons. The SMILES string of the molecule is CCCCN(C)C(C)C(=O)CC. The fourth-order valence-electron chi connectivity index (χ4n) is 1.14. The number of carbonyl (C=O) groups excluding carboxylic acids is 1. The molecule has 0 rings (SSSR count). The molecule has 0 aromatic heterocycles. The first-order valence-corrected chi connectivity index (χ1v) is 4.86. The fourth-order valence-corrected chi connectivity index (χ4v) is 1.14. The van der Waals surface area contributed by atoms with E-state index >= 15 is 0 Å². The minimum Gasteiger partial charge on any atom is -0.298 e. The van der Waals surface area contributed by atoms with E-state index in [-0.39, 0.29) is 6.04 Å². The van der Waals surface area contributed by atoms with Gasteiger partial charge in [0.1, 0.15) is 5.78 Å². The summed E-state index contributed by atoms with van der Waals surface area (Å²) in [4.78, 5) is 13.4. The maximum atomic E-state index is 11.3. The Labute approximate surface area is 75.9 Å². The number of hydrogen-bond acceptors (Lipinski definition) is 2. The maximum absolute atomic E-state index is 11.3. The first kappa shape index (κ1) is 11.6. The molecule has 0 saturated carbocycles. The lowest BCUT2D eigenvalue weighted by Crippen LogP contribution is -2.36. The van der Waals surface area contributed by atoms with Gasteiger partial charge in [-0.1, -0.05) is 20.3 Å². The van der Waals surface area contributed by atoms with Crippen LogP contribution in [0.2, 0.25) is 0 Å². The molecule has 2 nitrogen and oxygen atoms in total. The molecule has 12 heavy (non-hydrogen) atoms. The summed E-state index contributed by atoms with van der Waals surface area (Å²) in [5.74, 6) is 0.341. The molecule has 0 radical (unpaired) electrons. The number of rotatable bonds is 6. The molecule has 0 aliphatic heterocycles. The molecule has 0 aliphatic rings. The quantitative estimate of drug-likeness (QED) is 0.610. The smallest absolute Gasteiger partial charge is 0.149 e. The number of hydrogen-bond donors (Lipinski definition) is 0. The molecule has 0 fully saturated rings. The molecule has 0 aromatic rings. The summed E-state index contributed by atoms with van der Waals surface area (Å²) < 4.78 is 0. The van der Waals surface area contributed by atoms with E-state index < -0.39 is 0 Å². The van der Waals surface area contributed by atoms with Crippen molar-refractivity contribution in [3.63, 3.8) is 0 Å². The van der Waals surface area contributed by atoms with Crippen LogP contribution in [-0.2, 0) is 4.79 Å². The van der Waals surface area contributed by atoms with Crippen LogP contribution >= 0.6 is 0 Å². The van der Waals surface area contributed by atoms with Gasteiger partial charge in [0, 0.05) is 6.42 Å². The van der Waals surface area contributed by atoms with Crippen molar-refractivity contribution < 1.29 is 4.79 Å². The Hall–Kier alpha value is -0.370. The van der Waals surface area contributed by atoms with Crippen LogP contribution in [0.15, 0.2) is 0 Å². The molecule has 0 bridgehead atoms. The van der Waals surface area contributed by atoms with Crippen LogP contribution in [0.25, 0.3) is 0 Å². The van der Waals surface area contributed by atoms with Gasteiger partial charge in [-0.05, 0) is 26.9 Å². The largest absolute Gasteiger partial charge is 0.298 e. The summed E-state index contributed by atoms with van der Waals surface area (Å²) in [6, 6.07) is 0.0987. The third-order valence-electron chi connectivity index (χ3n) is 2.34. The lowest BCUT2D eigenvalue weighted by atomic mass is 10.1. The van der Waals surface area contributed by atoms with Crippen molar-refractivity contribution in [1.82, 2.24) is 4.90 Å². The molecule has 0 amide bonds. The zero-order valence-corrected chi connectivity index (χ0v) is 8.76. The van der Waals surface area contributed by atoms with Gasteiger partial charge < -0.3 is 0 Å². The molecule has 2 heteroatoms. The van der Waals surface area contributed by atoms with Crippen LogP contribution in [0.1, 0.15) is 40.0 Å². The monoisotopic (exact) mass is 171 g/mol. The van der Waals surface area contributed by atoms with Crippen LogP contribution in [0.4, 0.5) is 0 Å². The van der Waals surface area contributed by atoms with Crippen molar-refractivity contribution >= 4 is 5.78 Å². The Balaban J connectivity index is 3.75. The van der Waals surface area contributed by atoms with Crippen molar-refractivity contribution in [2.24, 2.45) is 0 Å². The topological polar surface area (TPSA) is 20.3 Å². The van der Waals surface area contributed by atoms with Crippen molar-refractivity contribution in [3.8, 4) is 0 Å². The minimum absolute atomic E-state index is 0.0987. The van der Waals surface area contributed by atoms with E-state index in [0.717, 1.165) is 6.54 Å². The highest BCUT2D eigenvalue weighted by atomic mass is 16.1. The molecule has 1 atom stereocenters. The Kier molecular flexibility index (Phi) is 5.99. The third-order valence-corrected chi connectivity index (χ3v) is 2.34. The molecule has 0 aliphatic carbocycles. The maximum Gasteiger partial charge on any atom is 0.149 e. The van der Waals surface area contributed by atoms with Crippen molar-refractivity contribution in [2.75, 3.05) is 13.6 Å². The van der Waals surface area contributed by atoms with E-state index in [9.17, 15) is 4.79 Å². The van der Waals surface area contributed by atoms with Crippen LogP contribution < -0.4 is 0 Å². The molecule has 0 heterocycles. The van der Waals surface area contributed by atoms with Crippen LogP contribution in [0, 0.1) is 0 Å². The predicted molar refractivity (Wildman–Crippen MR) is 52.3 cm³/mol. The molecular formula is C10H21NO.